The second-order valence-corrected chi connectivity index (χ2v) is 4.03. The van der Waals surface area contributed by atoms with Gasteiger partial charge in [-0.3, -0.25) is 0 Å². The molecule has 1 aliphatic heterocycles. The highest BCUT2D eigenvalue weighted by molar-refractivity contribution is 5.82. The average molecular weight is 220 g/mol. The van der Waals surface area contributed by atoms with E-state index in [0.29, 0.717) is 5.82 Å². The SMILES string of the molecule is C/C(=N/c1ccn(C)c(=O)n1)N1CCCC1. The fourth-order valence-electron chi connectivity index (χ4n) is 1.80. The van der Waals surface area contributed by atoms with Gasteiger partial charge in [-0.25, -0.2) is 9.79 Å². The van der Waals surface area contributed by atoms with Gasteiger partial charge in [-0.2, -0.15) is 4.98 Å². The van der Waals surface area contributed by atoms with E-state index in [1.807, 2.05) is 6.92 Å². The summed E-state index contributed by atoms with van der Waals surface area (Å²) in [5, 5.41) is 0. The zero-order chi connectivity index (χ0) is 11.5. The molecular weight excluding hydrogens is 204 g/mol. The summed E-state index contributed by atoms with van der Waals surface area (Å²) in [6.07, 6.45) is 4.12. The number of nitrogens with zero attached hydrogens (tertiary/aromatic N) is 4. The van der Waals surface area contributed by atoms with Crippen molar-refractivity contribution in [2.45, 2.75) is 19.8 Å². The van der Waals surface area contributed by atoms with E-state index in [2.05, 4.69) is 14.9 Å². The molecule has 0 saturated carbocycles. The van der Waals surface area contributed by atoms with E-state index in [9.17, 15) is 4.79 Å². The molecule has 2 heterocycles. The fraction of sp³-hybridized carbons (Fsp3) is 0.545. The predicted molar refractivity (Wildman–Crippen MR) is 63.1 cm³/mol. The van der Waals surface area contributed by atoms with Crippen molar-refractivity contribution in [3.63, 3.8) is 0 Å². The fourth-order valence-corrected chi connectivity index (χ4v) is 1.80. The Kier molecular flexibility index (Phi) is 3.03. The zero-order valence-corrected chi connectivity index (χ0v) is 9.68. The molecule has 5 nitrogen and oxygen atoms in total. The summed E-state index contributed by atoms with van der Waals surface area (Å²) >= 11 is 0. The first-order valence-corrected chi connectivity index (χ1v) is 5.51. The zero-order valence-electron chi connectivity index (χ0n) is 9.68. The molecule has 5 heteroatoms. The molecule has 2 rings (SSSR count). The molecule has 0 radical (unpaired) electrons. The van der Waals surface area contributed by atoms with Crippen LogP contribution in [0.3, 0.4) is 0 Å². The first kappa shape index (κ1) is 10.9. The number of aliphatic imine (C=N–C) groups is 1. The van der Waals surface area contributed by atoms with Crippen LogP contribution in [0.15, 0.2) is 22.1 Å². The lowest BCUT2D eigenvalue weighted by Crippen LogP contribution is -2.25. The first-order chi connectivity index (χ1) is 7.66. The van der Waals surface area contributed by atoms with Crippen LogP contribution in [0, 0.1) is 0 Å². The highest BCUT2D eigenvalue weighted by Gasteiger charge is 2.12. The van der Waals surface area contributed by atoms with Crippen LogP contribution >= 0.6 is 0 Å². The maximum atomic E-state index is 11.3. The Labute approximate surface area is 94.4 Å². The predicted octanol–water partition coefficient (Wildman–Crippen LogP) is 0.926. The normalized spacial score (nSPS) is 16.9. The lowest BCUT2D eigenvalue weighted by atomic mass is 10.4. The third-order valence-corrected chi connectivity index (χ3v) is 2.80. The summed E-state index contributed by atoms with van der Waals surface area (Å²) in [6, 6.07) is 1.75. The lowest BCUT2D eigenvalue weighted by molar-refractivity contribution is 0.516. The van der Waals surface area contributed by atoms with Crippen molar-refractivity contribution in [3.05, 3.63) is 22.7 Å². The Morgan fingerprint density at radius 2 is 2.12 bits per heavy atom. The minimum Gasteiger partial charge on any atom is -0.360 e. The number of aryl methyl sites for hydroxylation is 1. The van der Waals surface area contributed by atoms with E-state index >= 15 is 0 Å². The average Bonchev–Trinajstić information content (AvgIpc) is 2.77. The maximum absolute atomic E-state index is 11.3. The quantitative estimate of drug-likeness (QED) is 0.522. The van der Waals surface area contributed by atoms with Crippen molar-refractivity contribution in [1.82, 2.24) is 14.5 Å². The maximum Gasteiger partial charge on any atom is 0.349 e. The van der Waals surface area contributed by atoms with Crippen LogP contribution in [-0.2, 0) is 7.05 Å². The summed E-state index contributed by atoms with van der Waals surface area (Å²) < 4.78 is 1.43. The summed E-state index contributed by atoms with van der Waals surface area (Å²) in [6.45, 7) is 4.07. The molecule has 1 aromatic rings. The Balaban J connectivity index is 2.21. The molecule has 0 N–H and O–H groups in total. The molecule has 16 heavy (non-hydrogen) atoms. The van der Waals surface area contributed by atoms with Crippen molar-refractivity contribution in [2.24, 2.45) is 12.0 Å². The second kappa shape index (κ2) is 4.47. The van der Waals surface area contributed by atoms with E-state index < -0.39 is 0 Å². The molecule has 1 fully saturated rings. The van der Waals surface area contributed by atoms with Crippen LogP contribution in [0.25, 0.3) is 0 Å². The van der Waals surface area contributed by atoms with E-state index in [4.69, 9.17) is 0 Å². The molecule has 0 amide bonds. The summed E-state index contributed by atoms with van der Waals surface area (Å²) in [5.74, 6) is 1.44. The summed E-state index contributed by atoms with van der Waals surface area (Å²) in [4.78, 5) is 21.8. The van der Waals surface area contributed by atoms with Gasteiger partial charge in [-0.15, -0.1) is 0 Å². The summed E-state index contributed by atoms with van der Waals surface area (Å²) in [7, 11) is 1.68. The van der Waals surface area contributed by atoms with Gasteiger partial charge < -0.3 is 9.47 Å². The third-order valence-electron chi connectivity index (χ3n) is 2.80. The third kappa shape index (κ3) is 2.29. The van der Waals surface area contributed by atoms with Crippen LogP contribution < -0.4 is 5.69 Å². The van der Waals surface area contributed by atoms with E-state index in [1.54, 1.807) is 19.3 Å². The van der Waals surface area contributed by atoms with Gasteiger partial charge in [-0.1, -0.05) is 0 Å². The Bertz CT molecular complexity index is 457. The van der Waals surface area contributed by atoms with E-state index in [-0.39, 0.29) is 5.69 Å². The number of rotatable bonds is 1. The molecule has 0 aliphatic carbocycles. The second-order valence-electron chi connectivity index (χ2n) is 4.03. The molecule has 1 saturated heterocycles. The Morgan fingerprint density at radius 1 is 1.44 bits per heavy atom. The summed E-state index contributed by atoms with van der Waals surface area (Å²) in [5.41, 5.74) is -0.268. The molecule has 1 aromatic heterocycles. The molecule has 0 bridgehead atoms. The Hall–Kier alpha value is -1.65. The van der Waals surface area contributed by atoms with Gasteiger partial charge in [0, 0.05) is 26.3 Å². The van der Waals surface area contributed by atoms with Crippen LogP contribution in [0.4, 0.5) is 5.82 Å². The molecule has 0 atom stereocenters. The van der Waals surface area contributed by atoms with Crippen molar-refractivity contribution < 1.29 is 0 Å². The van der Waals surface area contributed by atoms with E-state index in [1.165, 1.54) is 17.4 Å². The van der Waals surface area contributed by atoms with Crippen LogP contribution in [0.1, 0.15) is 19.8 Å². The van der Waals surface area contributed by atoms with Gasteiger partial charge in [0.2, 0.25) is 0 Å². The van der Waals surface area contributed by atoms with Crippen LogP contribution in [0.5, 0.6) is 0 Å². The number of aromatic nitrogens is 2. The van der Waals surface area contributed by atoms with Gasteiger partial charge in [0.15, 0.2) is 5.82 Å². The van der Waals surface area contributed by atoms with Crippen molar-refractivity contribution >= 4 is 11.7 Å². The number of likely N-dealkylation sites (tertiary alicyclic amines) is 1. The molecule has 0 aromatic carbocycles. The largest absolute Gasteiger partial charge is 0.360 e. The highest BCUT2D eigenvalue weighted by Crippen LogP contribution is 2.11. The number of amidine groups is 1. The van der Waals surface area contributed by atoms with Gasteiger partial charge in [0.25, 0.3) is 0 Å². The lowest BCUT2D eigenvalue weighted by Gasteiger charge is -2.15. The van der Waals surface area contributed by atoms with Crippen molar-refractivity contribution in [3.8, 4) is 0 Å². The van der Waals surface area contributed by atoms with Gasteiger partial charge in [-0.05, 0) is 25.8 Å². The van der Waals surface area contributed by atoms with Crippen molar-refractivity contribution in [2.75, 3.05) is 13.1 Å². The standard InChI is InChI=1S/C11H16N4O/c1-9(15-6-3-4-7-15)12-10-5-8-14(2)11(16)13-10/h5,8H,3-4,6-7H2,1-2H3/b12-9-. The molecule has 0 unspecified atom stereocenters. The van der Waals surface area contributed by atoms with Crippen molar-refractivity contribution in [1.29, 1.82) is 0 Å². The Morgan fingerprint density at radius 3 is 2.75 bits per heavy atom. The van der Waals surface area contributed by atoms with Gasteiger partial charge >= 0.3 is 5.69 Å². The highest BCUT2D eigenvalue weighted by atomic mass is 16.1. The topological polar surface area (TPSA) is 50.5 Å². The molecular formula is C11H16N4O. The molecule has 86 valence electrons. The minimum absolute atomic E-state index is 0.268. The van der Waals surface area contributed by atoms with E-state index in [0.717, 1.165) is 18.9 Å². The molecule has 0 spiro atoms. The molecule has 1 aliphatic rings. The smallest absolute Gasteiger partial charge is 0.349 e. The van der Waals surface area contributed by atoms with Gasteiger partial charge in [0.1, 0.15) is 5.84 Å². The first-order valence-electron chi connectivity index (χ1n) is 5.51. The monoisotopic (exact) mass is 220 g/mol. The minimum atomic E-state index is -0.268. The number of hydrogen-bond donors (Lipinski definition) is 0. The number of hydrogen-bond acceptors (Lipinski definition) is 3. The van der Waals surface area contributed by atoms with Gasteiger partial charge in [0.05, 0.1) is 0 Å². The van der Waals surface area contributed by atoms with Crippen LogP contribution in [-0.4, -0.2) is 33.4 Å². The van der Waals surface area contributed by atoms with Crippen LogP contribution in [0.2, 0.25) is 0 Å².